The molecule has 1 unspecified atom stereocenters. The van der Waals surface area contributed by atoms with E-state index in [1.165, 1.54) is 38.5 Å². The monoisotopic (exact) mass is 360 g/mol. The first kappa shape index (κ1) is 24.8. The highest BCUT2D eigenvalue weighted by Gasteiger charge is 2.41. The van der Waals surface area contributed by atoms with E-state index in [0.29, 0.717) is 19.8 Å². The van der Waals surface area contributed by atoms with Gasteiger partial charge in [-0.1, -0.05) is 45.4 Å². The van der Waals surface area contributed by atoms with Crippen molar-refractivity contribution in [2.75, 3.05) is 33.0 Å². The zero-order chi connectivity index (χ0) is 18.8. The minimum Gasteiger partial charge on any atom is -0.382 e. The van der Waals surface area contributed by atoms with Crippen molar-refractivity contribution < 1.29 is 18.9 Å². The molecule has 0 rings (SSSR count). The fraction of sp³-hybridized carbons (Fsp3) is 1.00. The molecule has 4 nitrogen and oxygen atoms in total. The summed E-state index contributed by atoms with van der Waals surface area (Å²) in [6.07, 6.45) is 10.9. The van der Waals surface area contributed by atoms with Gasteiger partial charge in [-0.25, -0.2) is 0 Å². The van der Waals surface area contributed by atoms with Crippen LogP contribution in [-0.4, -0.2) is 39.0 Å². The van der Waals surface area contributed by atoms with E-state index >= 15 is 0 Å². The lowest BCUT2D eigenvalue weighted by Gasteiger charge is -2.39. The fourth-order valence-corrected chi connectivity index (χ4v) is 3.33. The Hall–Kier alpha value is -0.160. The number of ether oxygens (including phenoxy) is 4. The minimum atomic E-state index is -0.895. The molecule has 4 heteroatoms. The molecule has 0 heterocycles. The van der Waals surface area contributed by atoms with Crippen LogP contribution in [0.3, 0.4) is 0 Å². The molecule has 0 bridgehead atoms. The molecule has 0 spiro atoms. The third-order valence-corrected chi connectivity index (χ3v) is 4.49. The highest BCUT2D eigenvalue weighted by Crippen LogP contribution is 2.34. The van der Waals surface area contributed by atoms with E-state index in [1.54, 1.807) is 0 Å². The Kier molecular flexibility index (Phi) is 17.2. The van der Waals surface area contributed by atoms with Crippen LogP contribution < -0.4 is 0 Å². The van der Waals surface area contributed by atoms with E-state index in [-0.39, 0.29) is 5.92 Å². The predicted octanol–water partition coefficient (Wildman–Crippen LogP) is 5.93. The number of unbranched alkanes of at least 4 members (excludes halogenated alkanes) is 5. The van der Waals surface area contributed by atoms with Crippen molar-refractivity contribution in [2.24, 2.45) is 5.92 Å². The van der Waals surface area contributed by atoms with Crippen LogP contribution in [0.5, 0.6) is 0 Å². The molecule has 0 radical (unpaired) electrons. The van der Waals surface area contributed by atoms with Gasteiger partial charge in [0.05, 0.1) is 0 Å². The molecule has 0 saturated heterocycles. The van der Waals surface area contributed by atoms with Crippen LogP contribution >= 0.6 is 0 Å². The summed E-state index contributed by atoms with van der Waals surface area (Å²) in [5, 5.41) is 0. The predicted molar refractivity (Wildman–Crippen MR) is 105 cm³/mol. The third kappa shape index (κ3) is 11.2. The minimum absolute atomic E-state index is 0.249. The van der Waals surface area contributed by atoms with Crippen molar-refractivity contribution >= 4 is 0 Å². The molecule has 0 aromatic rings. The molecule has 0 N–H and O–H groups in total. The van der Waals surface area contributed by atoms with E-state index in [4.69, 9.17) is 18.9 Å². The zero-order valence-electron chi connectivity index (χ0n) is 17.6. The Bertz CT molecular complexity index is 254. The van der Waals surface area contributed by atoms with Gasteiger partial charge in [0.1, 0.15) is 0 Å². The number of rotatable bonds is 19. The van der Waals surface area contributed by atoms with Crippen molar-refractivity contribution in [1.82, 2.24) is 0 Å². The van der Waals surface area contributed by atoms with Gasteiger partial charge < -0.3 is 18.9 Å². The van der Waals surface area contributed by atoms with Crippen molar-refractivity contribution in [3.05, 3.63) is 0 Å². The van der Waals surface area contributed by atoms with E-state index in [9.17, 15) is 0 Å². The summed E-state index contributed by atoms with van der Waals surface area (Å²) >= 11 is 0. The van der Waals surface area contributed by atoms with E-state index in [1.807, 2.05) is 27.7 Å². The highest BCUT2D eigenvalue weighted by molar-refractivity contribution is 4.73. The van der Waals surface area contributed by atoms with Crippen LogP contribution in [0.2, 0.25) is 0 Å². The SMILES string of the molecule is CCCCCCCCC(CCCOCC)C(OCC)(OCC)OCC. The molecular formula is C21H44O4. The molecule has 0 aromatic heterocycles. The van der Waals surface area contributed by atoms with Crippen LogP contribution in [0.1, 0.15) is 92.4 Å². The van der Waals surface area contributed by atoms with Crippen LogP contribution in [0, 0.1) is 5.92 Å². The van der Waals surface area contributed by atoms with Gasteiger partial charge in [-0.3, -0.25) is 0 Å². The molecular weight excluding hydrogens is 316 g/mol. The Balaban J connectivity index is 4.75. The quantitative estimate of drug-likeness (QED) is 0.211. The summed E-state index contributed by atoms with van der Waals surface area (Å²) in [5.74, 6) is -0.646. The van der Waals surface area contributed by atoms with Crippen LogP contribution in [-0.2, 0) is 18.9 Å². The molecule has 0 aromatic carbocycles. The summed E-state index contributed by atoms with van der Waals surface area (Å²) < 4.78 is 23.6. The maximum atomic E-state index is 6.04. The van der Waals surface area contributed by atoms with Crippen molar-refractivity contribution in [3.8, 4) is 0 Å². The van der Waals surface area contributed by atoms with Crippen molar-refractivity contribution in [3.63, 3.8) is 0 Å². The van der Waals surface area contributed by atoms with Gasteiger partial charge in [-0.15, -0.1) is 0 Å². The second kappa shape index (κ2) is 17.3. The zero-order valence-corrected chi connectivity index (χ0v) is 17.6. The summed E-state index contributed by atoms with van der Waals surface area (Å²) in [6, 6.07) is 0. The van der Waals surface area contributed by atoms with Crippen molar-refractivity contribution in [2.45, 2.75) is 98.4 Å². The highest BCUT2D eigenvalue weighted by atomic mass is 16.9. The number of hydrogen-bond acceptors (Lipinski definition) is 4. The third-order valence-electron chi connectivity index (χ3n) is 4.49. The maximum absolute atomic E-state index is 6.04. The van der Waals surface area contributed by atoms with Crippen LogP contribution in [0.25, 0.3) is 0 Å². The first-order chi connectivity index (χ1) is 12.2. The van der Waals surface area contributed by atoms with E-state index in [0.717, 1.165) is 32.5 Å². The Labute approximate surface area is 156 Å². The van der Waals surface area contributed by atoms with Crippen molar-refractivity contribution in [1.29, 1.82) is 0 Å². The molecule has 0 amide bonds. The molecule has 0 fully saturated rings. The average molecular weight is 361 g/mol. The Morgan fingerprint density at radius 1 is 0.600 bits per heavy atom. The molecule has 0 aliphatic rings. The molecule has 0 saturated carbocycles. The molecule has 152 valence electrons. The number of hydrogen-bond donors (Lipinski definition) is 0. The summed E-state index contributed by atoms with van der Waals surface area (Å²) in [7, 11) is 0. The lowest BCUT2D eigenvalue weighted by atomic mass is 9.93. The van der Waals surface area contributed by atoms with Gasteiger partial charge >= 0.3 is 0 Å². The molecule has 25 heavy (non-hydrogen) atoms. The van der Waals surface area contributed by atoms with Gasteiger partial charge in [0.25, 0.3) is 5.97 Å². The smallest absolute Gasteiger partial charge is 0.285 e. The normalized spacial score (nSPS) is 13.3. The Morgan fingerprint density at radius 2 is 1.12 bits per heavy atom. The topological polar surface area (TPSA) is 36.9 Å². The maximum Gasteiger partial charge on any atom is 0.285 e. The van der Waals surface area contributed by atoms with Gasteiger partial charge in [0.2, 0.25) is 0 Å². The van der Waals surface area contributed by atoms with Crippen LogP contribution in [0.4, 0.5) is 0 Å². The summed E-state index contributed by atoms with van der Waals surface area (Å²) in [4.78, 5) is 0. The molecule has 0 aliphatic carbocycles. The van der Waals surface area contributed by atoms with Crippen LogP contribution in [0.15, 0.2) is 0 Å². The van der Waals surface area contributed by atoms with E-state index < -0.39 is 5.97 Å². The first-order valence-electron chi connectivity index (χ1n) is 10.7. The summed E-state index contributed by atoms with van der Waals surface area (Å²) in [6.45, 7) is 13.7. The second-order valence-corrected chi connectivity index (χ2v) is 6.50. The lowest BCUT2D eigenvalue weighted by Crippen LogP contribution is -2.47. The largest absolute Gasteiger partial charge is 0.382 e. The average Bonchev–Trinajstić information content (AvgIpc) is 2.60. The molecule has 1 atom stereocenters. The standard InChI is InChI=1S/C21H44O4/c1-6-11-12-13-14-15-17-20(18-16-19-22-7-2)21(23-8-3,24-9-4)25-10-5/h20H,6-19H2,1-5H3. The van der Waals surface area contributed by atoms with Gasteiger partial charge in [0.15, 0.2) is 0 Å². The molecule has 0 aliphatic heterocycles. The lowest BCUT2D eigenvalue weighted by molar-refractivity contribution is -0.403. The van der Waals surface area contributed by atoms with Gasteiger partial charge in [0, 0.05) is 39.0 Å². The Morgan fingerprint density at radius 3 is 1.64 bits per heavy atom. The van der Waals surface area contributed by atoms with Gasteiger partial charge in [-0.2, -0.15) is 0 Å². The summed E-state index contributed by atoms with van der Waals surface area (Å²) in [5.41, 5.74) is 0. The van der Waals surface area contributed by atoms with Gasteiger partial charge in [-0.05, 0) is 47.0 Å². The van der Waals surface area contributed by atoms with E-state index in [2.05, 4.69) is 6.92 Å². The first-order valence-corrected chi connectivity index (χ1v) is 10.7. The second-order valence-electron chi connectivity index (χ2n) is 6.50. The fourth-order valence-electron chi connectivity index (χ4n) is 3.33.